The van der Waals surface area contributed by atoms with Crippen molar-refractivity contribution in [3.05, 3.63) is 120 Å². The molecule has 4 aromatic carbocycles. The molecule has 9 heteroatoms. The number of carbonyl (C=O) groups excluding carboxylic acids is 3. The van der Waals surface area contributed by atoms with Crippen molar-refractivity contribution >= 4 is 49.8 Å². The van der Waals surface area contributed by atoms with E-state index in [2.05, 4.69) is 39.7 Å². The molecular formula is C40H47N3O5S. The van der Waals surface area contributed by atoms with E-state index in [9.17, 15) is 19.5 Å². The number of amides is 1. The summed E-state index contributed by atoms with van der Waals surface area (Å²) in [5, 5.41) is 16.1. The van der Waals surface area contributed by atoms with Crippen LogP contribution in [0.15, 0.2) is 109 Å². The standard InChI is InChI=1S/C40H47N3O5S/c1-7-28(2)27-48-39(47)40(4,42-38(46)32-23-21-31(22-24-32)37(45)30-15-9-8-10-16-30)25-11-12-26-41-49(29(3)44)36-20-14-17-33-34(36)18-13-19-35(33)43(5)6/h7-10,13-24,28,41,44H,1,11-12,25-27H2,2-6H3,(H,42,46). The van der Waals surface area contributed by atoms with E-state index >= 15 is 0 Å². The molecule has 4 rings (SSSR count). The molecule has 0 saturated carbocycles. The molecule has 0 aliphatic carbocycles. The summed E-state index contributed by atoms with van der Waals surface area (Å²) in [6, 6.07) is 27.7. The van der Waals surface area contributed by atoms with Crippen molar-refractivity contribution in [2.24, 2.45) is 5.92 Å². The maximum absolute atomic E-state index is 13.4. The SMILES string of the molecule is C=CC(C)COC(=O)C(C)(CCCCN/S(=C(/C)O)c1cccc2c(N(C)C)cccc12)NC(=O)c1ccc(C(=O)c2ccccc2)cc1. The van der Waals surface area contributed by atoms with Gasteiger partial charge in [0.05, 0.1) is 11.7 Å². The second-order valence-electron chi connectivity index (χ2n) is 12.6. The molecule has 3 atom stereocenters. The van der Waals surface area contributed by atoms with Gasteiger partial charge < -0.3 is 20.1 Å². The summed E-state index contributed by atoms with van der Waals surface area (Å²) in [4.78, 5) is 42.8. The van der Waals surface area contributed by atoms with Crippen LogP contribution in [0.1, 0.15) is 66.3 Å². The second kappa shape index (κ2) is 17.2. The number of benzene rings is 4. The maximum Gasteiger partial charge on any atom is 0.331 e. The van der Waals surface area contributed by atoms with Gasteiger partial charge in [0, 0.05) is 59.2 Å². The number of unbranched alkanes of at least 4 members (excludes halogenated alkanes) is 1. The number of fused-ring (bicyclic) bond motifs is 1. The van der Waals surface area contributed by atoms with Crippen molar-refractivity contribution in [3.8, 4) is 0 Å². The quantitative estimate of drug-likeness (QED) is 0.0366. The molecule has 4 aromatic rings. The monoisotopic (exact) mass is 681 g/mol. The van der Waals surface area contributed by atoms with E-state index in [0.29, 0.717) is 42.5 Å². The smallest absolute Gasteiger partial charge is 0.331 e. The summed E-state index contributed by atoms with van der Waals surface area (Å²) < 4.78 is 9.14. The fourth-order valence-corrected chi connectivity index (χ4v) is 7.10. The van der Waals surface area contributed by atoms with Crippen LogP contribution < -0.4 is 14.9 Å². The summed E-state index contributed by atoms with van der Waals surface area (Å²) >= 11 is 0. The number of ketones is 1. The molecule has 3 unspecified atom stereocenters. The number of hydrogen-bond donors (Lipinski definition) is 3. The predicted molar refractivity (Wildman–Crippen MR) is 202 cm³/mol. The molecule has 0 bridgehead atoms. The van der Waals surface area contributed by atoms with Crippen LogP contribution in [-0.2, 0) is 9.53 Å². The molecule has 0 aliphatic heterocycles. The lowest BCUT2D eigenvalue weighted by Crippen LogP contribution is -2.53. The highest BCUT2D eigenvalue weighted by atomic mass is 32.2. The van der Waals surface area contributed by atoms with E-state index < -0.39 is 28.1 Å². The van der Waals surface area contributed by atoms with Crippen LogP contribution in [0.5, 0.6) is 0 Å². The van der Waals surface area contributed by atoms with E-state index in [4.69, 9.17) is 4.74 Å². The van der Waals surface area contributed by atoms with E-state index in [-0.39, 0.29) is 23.4 Å². The van der Waals surface area contributed by atoms with Gasteiger partial charge in [-0.2, -0.15) is 0 Å². The van der Waals surface area contributed by atoms with Gasteiger partial charge in [0.2, 0.25) is 0 Å². The summed E-state index contributed by atoms with van der Waals surface area (Å²) in [6.45, 7) is 9.78. The lowest BCUT2D eigenvalue weighted by atomic mass is 9.93. The molecule has 8 nitrogen and oxygen atoms in total. The highest BCUT2D eigenvalue weighted by Crippen LogP contribution is 2.35. The zero-order valence-electron chi connectivity index (χ0n) is 29.0. The van der Waals surface area contributed by atoms with Crippen LogP contribution in [0.2, 0.25) is 0 Å². The van der Waals surface area contributed by atoms with Gasteiger partial charge in [-0.3, -0.25) is 14.3 Å². The first kappa shape index (κ1) is 37.3. The van der Waals surface area contributed by atoms with Gasteiger partial charge in [0.1, 0.15) is 5.54 Å². The lowest BCUT2D eigenvalue weighted by molar-refractivity contribution is -0.151. The number of aliphatic hydroxyl groups excluding tert-OH is 1. The Morgan fingerprint density at radius 1 is 0.898 bits per heavy atom. The Bertz CT molecular complexity index is 1820. The first-order valence-corrected chi connectivity index (χ1v) is 17.7. The number of anilines is 1. The summed E-state index contributed by atoms with van der Waals surface area (Å²) in [6.07, 6.45) is 3.33. The number of aliphatic hydroxyl groups is 1. The van der Waals surface area contributed by atoms with E-state index in [1.807, 2.05) is 45.3 Å². The first-order valence-electron chi connectivity index (χ1n) is 16.5. The van der Waals surface area contributed by atoms with Crippen molar-refractivity contribution in [2.45, 2.75) is 50.5 Å². The Morgan fingerprint density at radius 2 is 1.53 bits per heavy atom. The third kappa shape index (κ3) is 9.53. The number of rotatable bonds is 16. The van der Waals surface area contributed by atoms with Crippen molar-refractivity contribution in [1.29, 1.82) is 0 Å². The van der Waals surface area contributed by atoms with Gasteiger partial charge in [-0.25, -0.2) is 4.79 Å². The predicted octanol–water partition coefficient (Wildman–Crippen LogP) is 7.70. The number of nitrogens with one attached hydrogen (secondary N) is 2. The molecule has 258 valence electrons. The summed E-state index contributed by atoms with van der Waals surface area (Å²) in [7, 11) is 3.31. The lowest BCUT2D eigenvalue weighted by Gasteiger charge is -2.29. The normalized spacial score (nSPS) is 13.9. The van der Waals surface area contributed by atoms with Crippen LogP contribution in [0.25, 0.3) is 10.8 Å². The highest BCUT2D eigenvalue weighted by molar-refractivity contribution is 8.14. The van der Waals surface area contributed by atoms with E-state index in [1.165, 1.54) is 0 Å². The van der Waals surface area contributed by atoms with Crippen molar-refractivity contribution in [1.82, 2.24) is 10.0 Å². The van der Waals surface area contributed by atoms with Crippen molar-refractivity contribution in [3.63, 3.8) is 0 Å². The molecular weight excluding hydrogens is 635 g/mol. The molecule has 3 N–H and O–H groups in total. The summed E-state index contributed by atoms with van der Waals surface area (Å²) in [5.41, 5.74) is 1.16. The highest BCUT2D eigenvalue weighted by Gasteiger charge is 2.36. The Kier molecular flexibility index (Phi) is 13.1. The minimum absolute atomic E-state index is 0.0402. The number of esters is 1. The molecule has 0 aromatic heterocycles. The zero-order chi connectivity index (χ0) is 35.6. The maximum atomic E-state index is 13.4. The number of nitrogens with zero attached hydrogens (tertiary/aromatic N) is 1. The van der Waals surface area contributed by atoms with Crippen molar-refractivity contribution in [2.75, 3.05) is 32.1 Å². The fourth-order valence-electron chi connectivity index (χ4n) is 5.45. The largest absolute Gasteiger partial charge is 0.463 e. The van der Waals surface area contributed by atoms with Gasteiger partial charge in [0.15, 0.2) is 5.78 Å². The second-order valence-corrected chi connectivity index (χ2v) is 14.5. The van der Waals surface area contributed by atoms with E-state index in [0.717, 1.165) is 21.4 Å². The average molecular weight is 682 g/mol. The zero-order valence-corrected chi connectivity index (χ0v) is 29.8. The molecule has 0 fully saturated rings. The fraction of sp³-hybridized carbons (Fsp3) is 0.300. The van der Waals surface area contributed by atoms with Crippen molar-refractivity contribution < 1.29 is 24.2 Å². The molecule has 1 amide bonds. The topological polar surface area (TPSA) is 108 Å². The number of carbonyl (C=O) groups is 3. The first-order chi connectivity index (χ1) is 23.4. The molecule has 0 heterocycles. The number of hydrogen-bond acceptors (Lipinski definition) is 6. The molecule has 0 saturated heterocycles. The Balaban J connectivity index is 1.44. The van der Waals surface area contributed by atoms with Crippen LogP contribution in [0, 0.1) is 5.92 Å². The summed E-state index contributed by atoms with van der Waals surface area (Å²) in [5.74, 6) is -1.14. The minimum Gasteiger partial charge on any atom is -0.463 e. The van der Waals surface area contributed by atoms with Crippen LogP contribution in [-0.4, -0.2) is 60.6 Å². The molecule has 0 spiro atoms. The Labute approximate surface area is 292 Å². The molecule has 0 radical (unpaired) electrons. The minimum atomic E-state index is -1.30. The third-order valence-electron chi connectivity index (χ3n) is 8.37. The van der Waals surface area contributed by atoms with Crippen LogP contribution in [0.3, 0.4) is 0 Å². The molecule has 0 aliphatic rings. The van der Waals surface area contributed by atoms with Gasteiger partial charge >= 0.3 is 5.97 Å². The Hall–Kier alpha value is -4.57. The number of ether oxygens (including phenoxy) is 1. The van der Waals surface area contributed by atoms with Gasteiger partial charge in [-0.1, -0.05) is 90.4 Å². The van der Waals surface area contributed by atoms with Gasteiger partial charge in [-0.15, -0.1) is 6.58 Å². The van der Waals surface area contributed by atoms with Gasteiger partial charge in [0.25, 0.3) is 5.91 Å². The Morgan fingerprint density at radius 3 is 2.18 bits per heavy atom. The van der Waals surface area contributed by atoms with E-state index in [1.54, 1.807) is 68.5 Å². The average Bonchev–Trinajstić information content (AvgIpc) is 3.11. The van der Waals surface area contributed by atoms with Crippen LogP contribution >= 0.6 is 10.7 Å². The van der Waals surface area contributed by atoms with Gasteiger partial charge in [-0.05, 0) is 62.8 Å². The molecule has 49 heavy (non-hydrogen) atoms. The van der Waals surface area contributed by atoms with Crippen LogP contribution in [0.4, 0.5) is 5.69 Å². The third-order valence-corrected chi connectivity index (χ3v) is 10.3.